The number of aromatic carboxylic acids is 1. The molecule has 1 aromatic heterocycles. The summed E-state index contributed by atoms with van der Waals surface area (Å²) in [5, 5.41) is 14.1. The van der Waals surface area contributed by atoms with E-state index in [1.54, 1.807) is 4.57 Å². The van der Waals surface area contributed by atoms with Crippen molar-refractivity contribution in [2.45, 2.75) is 26.4 Å². The Balaban J connectivity index is 2.22. The lowest BCUT2D eigenvalue weighted by molar-refractivity contribution is 0.0691. The van der Waals surface area contributed by atoms with Crippen LogP contribution in [0.25, 0.3) is 0 Å². The predicted molar refractivity (Wildman–Crippen MR) is 71.7 cm³/mol. The number of carbonyl (C=O) groups is 2. The maximum atomic E-state index is 11.5. The van der Waals surface area contributed by atoms with Crippen LogP contribution in [-0.4, -0.2) is 52.5 Å². The number of imidazole rings is 1. The summed E-state index contributed by atoms with van der Waals surface area (Å²) < 4.78 is 6.79. The maximum Gasteiger partial charge on any atom is 0.356 e. The third-order valence-electron chi connectivity index (χ3n) is 2.46. The Kier molecular flexibility index (Phi) is 6.51. The number of amides is 2. The van der Waals surface area contributed by atoms with E-state index in [1.165, 1.54) is 12.5 Å². The van der Waals surface area contributed by atoms with Crippen molar-refractivity contribution in [1.29, 1.82) is 0 Å². The number of aromatic nitrogens is 2. The minimum Gasteiger partial charge on any atom is -0.476 e. The number of nitrogens with one attached hydrogen (secondary N) is 2. The first-order chi connectivity index (χ1) is 9.52. The number of rotatable bonds is 8. The molecule has 112 valence electrons. The number of hydrogen-bond acceptors (Lipinski definition) is 4. The molecular weight excluding hydrogens is 264 g/mol. The summed E-state index contributed by atoms with van der Waals surface area (Å²) in [5.41, 5.74) is -0.0141. The molecule has 0 radical (unpaired) electrons. The molecule has 0 saturated carbocycles. The highest BCUT2D eigenvalue weighted by Crippen LogP contribution is 1.95. The summed E-state index contributed by atoms with van der Waals surface area (Å²) >= 11 is 0. The molecule has 1 unspecified atom stereocenters. The third-order valence-corrected chi connectivity index (χ3v) is 2.46. The quantitative estimate of drug-likeness (QED) is 0.637. The normalized spacial score (nSPS) is 11.9. The minimum absolute atomic E-state index is 0.0141. The van der Waals surface area contributed by atoms with Crippen LogP contribution in [0.4, 0.5) is 4.79 Å². The Morgan fingerprint density at radius 3 is 2.90 bits per heavy atom. The van der Waals surface area contributed by atoms with Crippen LogP contribution in [0.15, 0.2) is 12.5 Å². The van der Waals surface area contributed by atoms with E-state index in [1.807, 2.05) is 13.8 Å². The first kappa shape index (κ1) is 16.0. The Labute approximate surface area is 117 Å². The molecule has 8 heteroatoms. The molecule has 0 aliphatic heterocycles. The number of carboxylic acid groups (broad SMARTS) is 1. The molecule has 1 aromatic rings. The second kappa shape index (κ2) is 8.16. The average Bonchev–Trinajstić information content (AvgIpc) is 2.85. The summed E-state index contributed by atoms with van der Waals surface area (Å²) in [4.78, 5) is 25.9. The average molecular weight is 284 g/mol. The van der Waals surface area contributed by atoms with Crippen molar-refractivity contribution < 1.29 is 19.4 Å². The van der Waals surface area contributed by atoms with Gasteiger partial charge in [0.15, 0.2) is 5.69 Å². The van der Waals surface area contributed by atoms with Gasteiger partial charge in [-0.3, -0.25) is 0 Å². The third kappa shape index (κ3) is 5.70. The number of urea groups is 1. The molecule has 0 fully saturated rings. The highest BCUT2D eigenvalue weighted by molar-refractivity contribution is 5.84. The van der Waals surface area contributed by atoms with E-state index >= 15 is 0 Å². The van der Waals surface area contributed by atoms with Crippen LogP contribution in [0, 0.1) is 0 Å². The number of carboxylic acids is 1. The van der Waals surface area contributed by atoms with Crippen LogP contribution in [0.1, 0.15) is 24.3 Å². The SMILES string of the molecule is CCOCC(C)NC(=O)NCCn1cnc(C(=O)O)c1. The van der Waals surface area contributed by atoms with E-state index < -0.39 is 5.97 Å². The van der Waals surface area contributed by atoms with Crippen LogP contribution < -0.4 is 10.6 Å². The van der Waals surface area contributed by atoms with E-state index in [-0.39, 0.29) is 17.8 Å². The van der Waals surface area contributed by atoms with Gasteiger partial charge >= 0.3 is 12.0 Å². The van der Waals surface area contributed by atoms with Crippen molar-refractivity contribution >= 4 is 12.0 Å². The molecular formula is C12H20N4O4. The predicted octanol–water partition coefficient (Wildman–Crippen LogP) is 0.306. The van der Waals surface area contributed by atoms with Crippen LogP contribution in [-0.2, 0) is 11.3 Å². The fourth-order valence-electron chi connectivity index (χ4n) is 1.50. The molecule has 0 bridgehead atoms. The molecule has 20 heavy (non-hydrogen) atoms. The zero-order valence-corrected chi connectivity index (χ0v) is 11.6. The van der Waals surface area contributed by atoms with Gasteiger partial charge in [-0.05, 0) is 13.8 Å². The zero-order chi connectivity index (χ0) is 15.0. The van der Waals surface area contributed by atoms with Gasteiger partial charge < -0.3 is 25.0 Å². The molecule has 1 atom stereocenters. The Morgan fingerprint density at radius 1 is 1.55 bits per heavy atom. The van der Waals surface area contributed by atoms with Crippen LogP contribution in [0.2, 0.25) is 0 Å². The van der Waals surface area contributed by atoms with E-state index in [2.05, 4.69) is 15.6 Å². The highest BCUT2D eigenvalue weighted by Gasteiger charge is 2.08. The van der Waals surface area contributed by atoms with Gasteiger partial charge in [0, 0.05) is 25.9 Å². The number of ether oxygens (including phenoxy) is 1. The smallest absolute Gasteiger partial charge is 0.356 e. The van der Waals surface area contributed by atoms with Gasteiger partial charge in [0.25, 0.3) is 0 Å². The van der Waals surface area contributed by atoms with Gasteiger partial charge in [0.2, 0.25) is 0 Å². The second-order valence-electron chi connectivity index (χ2n) is 4.26. The molecule has 0 aromatic carbocycles. The molecule has 1 heterocycles. The van der Waals surface area contributed by atoms with E-state index in [0.717, 1.165) is 0 Å². The van der Waals surface area contributed by atoms with Gasteiger partial charge in [-0.2, -0.15) is 0 Å². The number of hydrogen-bond donors (Lipinski definition) is 3. The van der Waals surface area contributed by atoms with Gasteiger partial charge in [0.05, 0.1) is 19.0 Å². The minimum atomic E-state index is -1.07. The molecule has 3 N–H and O–H groups in total. The van der Waals surface area contributed by atoms with Crippen molar-refractivity contribution in [3.05, 3.63) is 18.2 Å². The molecule has 2 amide bonds. The fourth-order valence-corrected chi connectivity index (χ4v) is 1.50. The molecule has 1 rings (SSSR count). The molecule has 0 aliphatic carbocycles. The van der Waals surface area contributed by atoms with Crippen molar-refractivity contribution in [3.8, 4) is 0 Å². The Morgan fingerprint density at radius 2 is 2.30 bits per heavy atom. The lowest BCUT2D eigenvalue weighted by Crippen LogP contribution is -2.43. The van der Waals surface area contributed by atoms with Crippen molar-refractivity contribution in [2.24, 2.45) is 0 Å². The monoisotopic (exact) mass is 284 g/mol. The maximum absolute atomic E-state index is 11.5. The van der Waals surface area contributed by atoms with Gasteiger partial charge in [-0.1, -0.05) is 0 Å². The van der Waals surface area contributed by atoms with E-state index in [4.69, 9.17) is 9.84 Å². The summed E-state index contributed by atoms with van der Waals surface area (Å²) in [5.74, 6) is -1.07. The van der Waals surface area contributed by atoms with Crippen LogP contribution in [0.5, 0.6) is 0 Å². The van der Waals surface area contributed by atoms with Gasteiger partial charge in [-0.15, -0.1) is 0 Å². The largest absolute Gasteiger partial charge is 0.476 e. The lowest BCUT2D eigenvalue weighted by Gasteiger charge is -2.14. The van der Waals surface area contributed by atoms with Crippen molar-refractivity contribution in [1.82, 2.24) is 20.2 Å². The molecule has 0 spiro atoms. The number of nitrogens with zero attached hydrogens (tertiary/aromatic N) is 2. The first-order valence-corrected chi connectivity index (χ1v) is 6.40. The summed E-state index contributed by atoms with van der Waals surface area (Å²) in [6.45, 7) is 5.65. The summed E-state index contributed by atoms with van der Waals surface area (Å²) in [7, 11) is 0. The van der Waals surface area contributed by atoms with E-state index in [9.17, 15) is 9.59 Å². The summed E-state index contributed by atoms with van der Waals surface area (Å²) in [6, 6.07) is -0.349. The van der Waals surface area contributed by atoms with Gasteiger partial charge in [0.1, 0.15) is 0 Å². The van der Waals surface area contributed by atoms with Crippen molar-refractivity contribution in [2.75, 3.05) is 19.8 Å². The van der Waals surface area contributed by atoms with Crippen LogP contribution in [0.3, 0.4) is 0 Å². The Bertz CT molecular complexity index is 446. The second-order valence-corrected chi connectivity index (χ2v) is 4.26. The number of carbonyl (C=O) groups excluding carboxylic acids is 1. The lowest BCUT2D eigenvalue weighted by atomic mass is 10.4. The fraction of sp³-hybridized carbons (Fsp3) is 0.583. The van der Waals surface area contributed by atoms with Gasteiger partial charge in [-0.25, -0.2) is 14.6 Å². The molecule has 8 nitrogen and oxygen atoms in total. The standard InChI is InChI=1S/C12H20N4O4/c1-3-20-7-9(2)15-12(19)13-4-5-16-6-10(11(17)18)14-8-16/h6,8-9H,3-5,7H2,1-2H3,(H,17,18)(H2,13,15,19). The summed E-state index contributed by atoms with van der Waals surface area (Å²) in [6.07, 6.45) is 2.83. The first-order valence-electron chi connectivity index (χ1n) is 6.40. The topological polar surface area (TPSA) is 105 Å². The highest BCUT2D eigenvalue weighted by atomic mass is 16.5. The Hall–Kier alpha value is -2.09. The van der Waals surface area contributed by atoms with Crippen molar-refractivity contribution in [3.63, 3.8) is 0 Å². The molecule has 0 aliphatic rings. The van der Waals surface area contributed by atoms with E-state index in [0.29, 0.717) is 26.3 Å². The zero-order valence-electron chi connectivity index (χ0n) is 11.6. The molecule has 0 saturated heterocycles. The van der Waals surface area contributed by atoms with Crippen LogP contribution >= 0.6 is 0 Å².